The molecule has 0 aliphatic carbocycles. The van der Waals surface area contributed by atoms with Gasteiger partial charge in [-0.25, -0.2) is 9.55 Å². The van der Waals surface area contributed by atoms with Gasteiger partial charge in [-0.05, 0) is 18.4 Å². The number of rotatable bonds is 3. The average molecular weight is 337 g/mol. The van der Waals surface area contributed by atoms with E-state index >= 15 is 0 Å². The molecule has 0 N–H and O–H groups in total. The Morgan fingerprint density at radius 3 is 2.35 bits per heavy atom. The number of thioether (sulfide) groups is 1. The zero-order chi connectivity index (χ0) is 14.9. The normalized spacial score (nSPS) is 11.1. The fourth-order valence-electron chi connectivity index (χ4n) is 1.61. The van der Waals surface area contributed by atoms with Gasteiger partial charge in [-0.2, -0.15) is 8.78 Å². The van der Waals surface area contributed by atoms with E-state index in [1.165, 1.54) is 0 Å². The number of hydrogen-bond acceptors (Lipinski definition) is 3. The summed E-state index contributed by atoms with van der Waals surface area (Å²) in [7, 11) is 0. The molecule has 0 saturated heterocycles. The van der Waals surface area contributed by atoms with Crippen LogP contribution in [0.5, 0.6) is 0 Å². The number of benzene rings is 1. The van der Waals surface area contributed by atoms with Crippen LogP contribution < -0.4 is 5.56 Å². The SMILES string of the molecule is CSc1nc(-c2ccc(Cl)cc2)c(Cl)c(=O)n1C(F)F. The molecule has 20 heavy (non-hydrogen) atoms. The second kappa shape index (κ2) is 6.11. The third-order valence-corrected chi connectivity index (χ3v) is 3.77. The molecule has 2 rings (SSSR count). The summed E-state index contributed by atoms with van der Waals surface area (Å²) in [4.78, 5) is 16.0. The zero-order valence-corrected chi connectivity index (χ0v) is 12.4. The smallest absolute Gasteiger partial charge is 0.267 e. The monoisotopic (exact) mass is 336 g/mol. The number of nitrogens with zero attached hydrogens (tertiary/aromatic N) is 2. The number of halogens is 4. The summed E-state index contributed by atoms with van der Waals surface area (Å²) in [5.41, 5.74) is -0.270. The van der Waals surface area contributed by atoms with E-state index in [0.717, 1.165) is 11.8 Å². The van der Waals surface area contributed by atoms with Gasteiger partial charge in [0.1, 0.15) is 5.02 Å². The van der Waals surface area contributed by atoms with Gasteiger partial charge in [0.2, 0.25) is 0 Å². The van der Waals surface area contributed by atoms with Crippen molar-refractivity contribution in [3.05, 3.63) is 44.7 Å². The van der Waals surface area contributed by atoms with Gasteiger partial charge < -0.3 is 0 Å². The number of hydrogen-bond donors (Lipinski definition) is 0. The first-order chi connectivity index (χ1) is 9.45. The molecule has 0 spiro atoms. The van der Waals surface area contributed by atoms with Crippen LogP contribution in [0.1, 0.15) is 6.55 Å². The van der Waals surface area contributed by atoms with Crippen molar-refractivity contribution in [1.82, 2.24) is 9.55 Å². The Morgan fingerprint density at radius 1 is 1.25 bits per heavy atom. The van der Waals surface area contributed by atoms with Crippen LogP contribution in [-0.4, -0.2) is 15.8 Å². The zero-order valence-electron chi connectivity index (χ0n) is 10.1. The molecular weight excluding hydrogens is 329 g/mol. The Balaban J connectivity index is 2.70. The highest BCUT2D eigenvalue weighted by atomic mass is 35.5. The maximum atomic E-state index is 12.9. The summed E-state index contributed by atoms with van der Waals surface area (Å²) in [6.45, 7) is -2.99. The Hall–Kier alpha value is -1.11. The highest BCUT2D eigenvalue weighted by Gasteiger charge is 2.20. The minimum atomic E-state index is -2.99. The predicted molar refractivity (Wildman–Crippen MR) is 77.0 cm³/mol. The lowest BCUT2D eigenvalue weighted by Gasteiger charge is -2.12. The van der Waals surface area contributed by atoms with Gasteiger partial charge in [0.25, 0.3) is 5.56 Å². The molecule has 1 aromatic carbocycles. The molecule has 0 aliphatic heterocycles. The van der Waals surface area contributed by atoms with Crippen molar-refractivity contribution in [2.75, 3.05) is 6.26 Å². The number of alkyl halides is 2. The van der Waals surface area contributed by atoms with Crippen LogP contribution in [0.2, 0.25) is 10.0 Å². The summed E-state index contributed by atoms with van der Waals surface area (Å²) >= 11 is 12.6. The van der Waals surface area contributed by atoms with Crippen LogP contribution in [0.4, 0.5) is 8.78 Å². The average Bonchev–Trinajstić information content (AvgIpc) is 2.42. The van der Waals surface area contributed by atoms with Crippen molar-refractivity contribution in [3.63, 3.8) is 0 Å². The van der Waals surface area contributed by atoms with Crippen LogP contribution in [0, 0.1) is 0 Å². The van der Waals surface area contributed by atoms with Crippen LogP contribution in [-0.2, 0) is 0 Å². The summed E-state index contributed by atoms with van der Waals surface area (Å²) in [6.07, 6.45) is 1.56. The standard InChI is InChI=1S/C12H8Cl2F2N2OS/c1-20-12-17-9(6-2-4-7(13)5-3-6)8(14)10(19)18(12)11(15)16/h2-5,11H,1H3. The summed E-state index contributed by atoms with van der Waals surface area (Å²) in [6, 6.07) is 6.44. The van der Waals surface area contributed by atoms with Crippen LogP contribution in [0.15, 0.2) is 34.2 Å². The molecule has 0 radical (unpaired) electrons. The fourth-order valence-corrected chi connectivity index (χ4v) is 2.52. The van der Waals surface area contributed by atoms with Crippen molar-refractivity contribution in [3.8, 4) is 11.3 Å². The first-order valence-electron chi connectivity index (χ1n) is 5.35. The van der Waals surface area contributed by atoms with E-state index in [4.69, 9.17) is 23.2 Å². The van der Waals surface area contributed by atoms with E-state index in [1.807, 2.05) is 0 Å². The molecule has 0 saturated carbocycles. The second-order valence-corrected chi connectivity index (χ2v) is 5.31. The van der Waals surface area contributed by atoms with E-state index in [1.54, 1.807) is 30.5 Å². The molecule has 0 amide bonds. The molecule has 1 aromatic heterocycles. The van der Waals surface area contributed by atoms with Gasteiger partial charge in [0.05, 0.1) is 5.69 Å². The van der Waals surface area contributed by atoms with Gasteiger partial charge in [-0.1, -0.05) is 47.1 Å². The lowest BCUT2D eigenvalue weighted by atomic mass is 10.1. The van der Waals surface area contributed by atoms with Crippen LogP contribution in [0.3, 0.4) is 0 Å². The second-order valence-electron chi connectivity index (χ2n) is 3.72. The Labute approximate surface area is 127 Å². The van der Waals surface area contributed by atoms with Gasteiger partial charge in [0, 0.05) is 10.6 Å². The first-order valence-corrected chi connectivity index (χ1v) is 7.34. The molecule has 0 aliphatic rings. The van der Waals surface area contributed by atoms with E-state index in [0.29, 0.717) is 10.6 Å². The molecule has 0 fully saturated rings. The maximum Gasteiger partial charge on any atom is 0.323 e. The van der Waals surface area contributed by atoms with E-state index in [2.05, 4.69) is 4.98 Å². The topological polar surface area (TPSA) is 34.9 Å². The van der Waals surface area contributed by atoms with Gasteiger partial charge in [-0.15, -0.1) is 0 Å². The molecule has 2 aromatic rings. The van der Waals surface area contributed by atoms with E-state index in [-0.39, 0.29) is 20.4 Å². The highest BCUT2D eigenvalue weighted by molar-refractivity contribution is 7.98. The third kappa shape index (κ3) is 2.82. The largest absolute Gasteiger partial charge is 0.323 e. The molecule has 1 heterocycles. The predicted octanol–water partition coefficient (Wildman–Crippen LogP) is 4.33. The molecule has 0 bridgehead atoms. The van der Waals surface area contributed by atoms with Gasteiger partial charge >= 0.3 is 6.55 Å². The van der Waals surface area contributed by atoms with Crippen molar-refractivity contribution < 1.29 is 8.78 Å². The highest BCUT2D eigenvalue weighted by Crippen LogP contribution is 2.28. The minimum Gasteiger partial charge on any atom is -0.267 e. The van der Waals surface area contributed by atoms with Crippen molar-refractivity contribution >= 4 is 35.0 Å². The Bertz CT molecular complexity index is 689. The van der Waals surface area contributed by atoms with E-state index < -0.39 is 12.1 Å². The molecular formula is C12H8Cl2F2N2OS. The van der Waals surface area contributed by atoms with Gasteiger partial charge in [0.15, 0.2) is 5.16 Å². The lowest BCUT2D eigenvalue weighted by molar-refractivity contribution is 0.0551. The summed E-state index contributed by atoms with van der Waals surface area (Å²) < 4.78 is 26.0. The maximum absolute atomic E-state index is 12.9. The van der Waals surface area contributed by atoms with Crippen LogP contribution >= 0.6 is 35.0 Å². The fraction of sp³-hybridized carbons (Fsp3) is 0.167. The molecule has 106 valence electrons. The summed E-state index contributed by atoms with van der Waals surface area (Å²) in [5, 5.41) is 0.0701. The molecule has 8 heteroatoms. The Kier molecular flexibility index (Phi) is 4.67. The minimum absolute atomic E-state index is 0.0978. The quantitative estimate of drug-likeness (QED) is 0.617. The first kappa shape index (κ1) is 15.3. The Morgan fingerprint density at radius 2 is 1.85 bits per heavy atom. The van der Waals surface area contributed by atoms with Gasteiger partial charge in [-0.3, -0.25) is 4.79 Å². The molecule has 0 unspecified atom stereocenters. The third-order valence-electron chi connectivity index (χ3n) is 2.52. The van der Waals surface area contributed by atoms with Crippen molar-refractivity contribution in [2.45, 2.75) is 11.7 Å². The van der Waals surface area contributed by atoms with Crippen LogP contribution in [0.25, 0.3) is 11.3 Å². The van der Waals surface area contributed by atoms with Crippen molar-refractivity contribution in [2.24, 2.45) is 0 Å². The lowest BCUT2D eigenvalue weighted by Crippen LogP contribution is -2.25. The molecule has 3 nitrogen and oxygen atoms in total. The summed E-state index contributed by atoms with van der Waals surface area (Å²) in [5.74, 6) is 0. The molecule has 0 atom stereocenters. The van der Waals surface area contributed by atoms with Crippen molar-refractivity contribution in [1.29, 1.82) is 0 Å². The van der Waals surface area contributed by atoms with E-state index in [9.17, 15) is 13.6 Å². The number of aromatic nitrogens is 2.